The summed E-state index contributed by atoms with van der Waals surface area (Å²) in [6, 6.07) is 23.2. The Morgan fingerprint density at radius 2 is 1.26 bits per heavy atom. The maximum Gasteiger partial charge on any atom is 0.416 e. The second kappa shape index (κ2) is 8.37. The first-order valence-electron chi connectivity index (χ1n) is 8.51. The Bertz CT molecular complexity index is 831. The van der Waals surface area contributed by atoms with Gasteiger partial charge in [-0.15, -0.1) is 0 Å². The highest BCUT2D eigenvalue weighted by Crippen LogP contribution is 2.33. The fraction of sp³-hybridized carbons (Fsp3) is 0.182. The van der Waals surface area contributed by atoms with Crippen molar-refractivity contribution in [2.75, 3.05) is 0 Å². The molecule has 1 N–H and O–H groups in total. The molecule has 0 radical (unpaired) electrons. The smallest absolute Gasteiger partial charge is 0.385 e. The molecule has 0 aromatic heterocycles. The van der Waals surface area contributed by atoms with E-state index >= 15 is 0 Å². The van der Waals surface area contributed by atoms with Gasteiger partial charge in [-0.05, 0) is 28.8 Å². The average Bonchev–Trinajstić information content (AvgIpc) is 2.69. The number of halogens is 3. The Morgan fingerprint density at radius 1 is 0.741 bits per heavy atom. The predicted molar refractivity (Wildman–Crippen MR) is 96.8 cm³/mol. The van der Waals surface area contributed by atoms with Crippen LogP contribution in [0.2, 0.25) is 0 Å². The summed E-state index contributed by atoms with van der Waals surface area (Å²) >= 11 is 0. The van der Waals surface area contributed by atoms with E-state index in [0.29, 0.717) is 11.1 Å². The molecule has 0 bridgehead atoms. The molecule has 27 heavy (non-hydrogen) atoms. The number of hydrogen-bond acceptors (Lipinski definition) is 2. The molecule has 5 heteroatoms. The lowest BCUT2D eigenvalue weighted by atomic mass is 9.98. The molecule has 0 heterocycles. The van der Waals surface area contributed by atoms with E-state index in [1.54, 1.807) is 0 Å². The van der Waals surface area contributed by atoms with Crippen LogP contribution >= 0.6 is 0 Å². The Hall–Kier alpha value is -2.63. The molecular weight excluding hydrogens is 353 g/mol. The van der Waals surface area contributed by atoms with E-state index in [2.05, 4.69) is 0 Å². The van der Waals surface area contributed by atoms with Gasteiger partial charge in [0.05, 0.1) is 12.2 Å². The fourth-order valence-corrected chi connectivity index (χ4v) is 2.81. The highest BCUT2D eigenvalue weighted by atomic mass is 19.4. The maximum absolute atomic E-state index is 12.7. The third-order valence-corrected chi connectivity index (χ3v) is 4.27. The van der Waals surface area contributed by atoms with Crippen molar-refractivity contribution in [3.05, 3.63) is 107 Å². The molecule has 0 aliphatic carbocycles. The van der Waals surface area contributed by atoms with Crippen molar-refractivity contribution in [1.29, 1.82) is 0 Å². The molecule has 3 aromatic rings. The monoisotopic (exact) mass is 372 g/mol. The van der Waals surface area contributed by atoms with Gasteiger partial charge < -0.3 is 9.84 Å². The first kappa shape index (κ1) is 19.1. The first-order valence-corrected chi connectivity index (χ1v) is 8.51. The normalized spacial score (nSPS) is 13.9. The highest BCUT2D eigenvalue weighted by molar-refractivity contribution is 5.26. The minimum Gasteiger partial charge on any atom is -0.385 e. The highest BCUT2D eigenvalue weighted by Gasteiger charge is 2.30. The summed E-state index contributed by atoms with van der Waals surface area (Å²) in [7, 11) is 0. The maximum atomic E-state index is 12.7. The summed E-state index contributed by atoms with van der Waals surface area (Å²) in [4.78, 5) is 0. The van der Waals surface area contributed by atoms with Crippen molar-refractivity contribution in [2.24, 2.45) is 0 Å². The fourth-order valence-electron chi connectivity index (χ4n) is 2.81. The average molecular weight is 372 g/mol. The van der Waals surface area contributed by atoms with E-state index in [9.17, 15) is 18.3 Å². The first-order chi connectivity index (χ1) is 12.9. The molecule has 0 aliphatic heterocycles. The van der Waals surface area contributed by atoms with Crippen LogP contribution in [-0.2, 0) is 17.5 Å². The van der Waals surface area contributed by atoms with Gasteiger partial charge in [0, 0.05) is 0 Å². The van der Waals surface area contributed by atoms with Crippen LogP contribution in [0, 0.1) is 0 Å². The molecule has 0 fully saturated rings. The Morgan fingerprint density at radius 3 is 1.78 bits per heavy atom. The van der Waals surface area contributed by atoms with E-state index in [0.717, 1.165) is 17.7 Å². The van der Waals surface area contributed by atoms with Crippen LogP contribution in [0.25, 0.3) is 0 Å². The molecule has 2 atom stereocenters. The number of alkyl halides is 3. The predicted octanol–water partition coefficient (Wildman–Crippen LogP) is 5.70. The van der Waals surface area contributed by atoms with Crippen molar-refractivity contribution < 1.29 is 23.0 Å². The van der Waals surface area contributed by atoms with Crippen LogP contribution in [0.15, 0.2) is 84.9 Å². The van der Waals surface area contributed by atoms with E-state index in [-0.39, 0.29) is 6.61 Å². The van der Waals surface area contributed by atoms with E-state index in [1.165, 1.54) is 12.1 Å². The lowest BCUT2D eigenvalue weighted by molar-refractivity contribution is -0.137. The van der Waals surface area contributed by atoms with Crippen LogP contribution in [0.3, 0.4) is 0 Å². The van der Waals surface area contributed by atoms with Gasteiger partial charge in [-0.1, -0.05) is 72.8 Å². The molecule has 2 nitrogen and oxygen atoms in total. The van der Waals surface area contributed by atoms with Crippen molar-refractivity contribution in [2.45, 2.75) is 25.0 Å². The molecule has 3 aromatic carbocycles. The lowest BCUT2D eigenvalue weighted by Gasteiger charge is -2.24. The summed E-state index contributed by atoms with van der Waals surface area (Å²) in [6.07, 6.45) is -5.91. The van der Waals surface area contributed by atoms with Crippen LogP contribution in [-0.4, -0.2) is 5.11 Å². The van der Waals surface area contributed by atoms with Gasteiger partial charge in [0.25, 0.3) is 0 Å². The van der Waals surface area contributed by atoms with Crippen LogP contribution in [0.1, 0.15) is 34.5 Å². The number of hydrogen-bond donors (Lipinski definition) is 1. The quantitative estimate of drug-likeness (QED) is 0.602. The zero-order chi connectivity index (χ0) is 19.3. The molecule has 3 rings (SSSR count). The molecule has 0 saturated heterocycles. The Labute approximate surface area is 155 Å². The van der Waals surface area contributed by atoms with Crippen molar-refractivity contribution in [3.8, 4) is 0 Å². The van der Waals surface area contributed by atoms with Gasteiger partial charge in [-0.3, -0.25) is 0 Å². The lowest BCUT2D eigenvalue weighted by Crippen LogP contribution is -2.15. The molecule has 0 unspecified atom stereocenters. The standard InChI is InChI=1S/C22H19F3O2/c23-22(24,25)19-13-11-16(12-14-19)15-27-21(18-9-5-2-6-10-18)20(26)17-7-3-1-4-8-17/h1-14,20-21,26H,15H2/t20-,21-/m1/s1. The summed E-state index contributed by atoms with van der Waals surface area (Å²) in [5.74, 6) is 0. The van der Waals surface area contributed by atoms with E-state index in [4.69, 9.17) is 4.74 Å². The third kappa shape index (κ3) is 4.96. The minimum atomic E-state index is -4.37. The number of rotatable bonds is 6. The molecule has 0 aliphatic rings. The largest absolute Gasteiger partial charge is 0.416 e. The SMILES string of the molecule is O[C@H](c1ccccc1)[C@H](OCc1ccc(C(F)(F)F)cc1)c1ccccc1. The molecule has 0 saturated carbocycles. The second-order valence-corrected chi connectivity index (χ2v) is 6.19. The minimum absolute atomic E-state index is 0.0849. The van der Waals surface area contributed by atoms with Gasteiger partial charge >= 0.3 is 6.18 Å². The van der Waals surface area contributed by atoms with Gasteiger partial charge in [0.2, 0.25) is 0 Å². The molecule has 140 valence electrons. The van der Waals surface area contributed by atoms with Gasteiger partial charge in [0.1, 0.15) is 12.2 Å². The van der Waals surface area contributed by atoms with Crippen molar-refractivity contribution in [1.82, 2.24) is 0 Å². The topological polar surface area (TPSA) is 29.5 Å². The van der Waals surface area contributed by atoms with Crippen LogP contribution < -0.4 is 0 Å². The van der Waals surface area contributed by atoms with Crippen molar-refractivity contribution >= 4 is 0 Å². The summed E-state index contributed by atoms with van der Waals surface area (Å²) in [5, 5.41) is 10.8. The molecule has 0 amide bonds. The van der Waals surface area contributed by atoms with Gasteiger partial charge in [-0.2, -0.15) is 13.2 Å². The zero-order valence-electron chi connectivity index (χ0n) is 14.4. The van der Waals surface area contributed by atoms with Crippen LogP contribution in [0.4, 0.5) is 13.2 Å². The van der Waals surface area contributed by atoms with Crippen molar-refractivity contribution in [3.63, 3.8) is 0 Å². The number of ether oxygens (including phenoxy) is 1. The van der Waals surface area contributed by atoms with E-state index in [1.807, 2.05) is 60.7 Å². The summed E-state index contributed by atoms with van der Waals surface area (Å²) in [6.45, 7) is 0.0849. The zero-order valence-corrected chi connectivity index (χ0v) is 14.4. The van der Waals surface area contributed by atoms with Gasteiger partial charge in [0.15, 0.2) is 0 Å². The molecule has 0 spiro atoms. The third-order valence-electron chi connectivity index (χ3n) is 4.27. The van der Waals surface area contributed by atoms with Crippen LogP contribution in [0.5, 0.6) is 0 Å². The number of aliphatic hydroxyl groups is 1. The Balaban J connectivity index is 1.78. The molecular formula is C22H19F3O2. The number of benzene rings is 3. The second-order valence-electron chi connectivity index (χ2n) is 6.19. The van der Waals surface area contributed by atoms with Gasteiger partial charge in [-0.25, -0.2) is 0 Å². The summed E-state index contributed by atoms with van der Waals surface area (Å²) < 4.78 is 44.0. The number of aliphatic hydroxyl groups excluding tert-OH is 1. The Kier molecular flexibility index (Phi) is 5.94. The summed E-state index contributed by atoms with van der Waals surface area (Å²) in [5.41, 5.74) is 1.40. The van der Waals surface area contributed by atoms with E-state index < -0.39 is 23.9 Å².